The molecular weight excluding hydrogens is 236 g/mol. The highest BCUT2D eigenvalue weighted by Crippen LogP contribution is 2.41. The molecule has 17 heavy (non-hydrogen) atoms. The summed E-state index contributed by atoms with van der Waals surface area (Å²) in [5.41, 5.74) is -1.44. The molecule has 0 amide bonds. The smallest absolute Gasteiger partial charge is 0.321 e. The quantitative estimate of drug-likeness (QED) is 0.502. The molecule has 0 bridgehead atoms. The number of rotatable bonds is 4. The van der Waals surface area contributed by atoms with E-state index in [4.69, 9.17) is 20.4 Å². The lowest BCUT2D eigenvalue weighted by molar-refractivity contribution is -0.171. The van der Waals surface area contributed by atoms with E-state index in [2.05, 4.69) is 0 Å². The van der Waals surface area contributed by atoms with E-state index in [9.17, 15) is 19.2 Å². The Morgan fingerprint density at radius 1 is 0.824 bits per heavy atom. The molecule has 1 aliphatic rings. The van der Waals surface area contributed by atoms with Crippen LogP contribution in [0.1, 0.15) is 25.7 Å². The maximum Gasteiger partial charge on any atom is 0.321 e. The number of carboxylic acids is 4. The van der Waals surface area contributed by atoms with E-state index in [1.54, 1.807) is 0 Å². The standard InChI is InChI=1S/C6H8O4.C3H4O4/c7-4(8)6(5(9)10)2-1-3-6;4-2(5)1-3(6)7/h1-3H2,(H,7,8)(H,9,10);1H2,(H,4,5)(H,6,7). The van der Waals surface area contributed by atoms with Crippen LogP contribution in [0, 0.1) is 5.41 Å². The van der Waals surface area contributed by atoms with Crippen molar-refractivity contribution in [1.82, 2.24) is 0 Å². The zero-order valence-electron chi connectivity index (χ0n) is 8.75. The third kappa shape index (κ3) is 4.09. The summed E-state index contributed by atoms with van der Waals surface area (Å²) in [6.07, 6.45) is 0.452. The van der Waals surface area contributed by atoms with Gasteiger partial charge >= 0.3 is 23.9 Å². The predicted molar refractivity (Wildman–Crippen MR) is 51.4 cm³/mol. The van der Waals surface area contributed by atoms with Crippen LogP contribution in [0.15, 0.2) is 0 Å². The normalized spacial score (nSPS) is 15.8. The third-order valence-electron chi connectivity index (χ3n) is 2.33. The van der Waals surface area contributed by atoms with Crippen LogP contribution in [0.2, 0.25) is 0 Å². The van der Waals surface area contributed by atoms with E-state index in [1.807, 2.05) is 0 Å². The Kier molecular flexibility index (Phi) is 5.10. The maximum absolute atomic E-state index is 10.4. The fourth-order valence-electron chi connectivity index (χ4n) is 1.18. The molecule has 4 N–H and O–H groups in total. The van der Waals surface area contributed by atoms with E-state index in [0.29, 0.717) is 6.42 Å². The van der Waals surface area contributed by atoms with Gasteiger partial charge < -0.3 is 20.4 Å². The van der Waals surface area contributed by atoms with Gasteiger partial charge in [0, 0.05) is 0 Å². The van der Waals surface area contributed by atoms with Crippen LogP contribution < -0.4 is 0 Å². The lowest BCUT2D eigenvalue weighted by Gasteiger charge is -2.32. The highest BCUT2D eigenvalue weighted by atomic mass is 16.4. The van der Waals surface area contributed by atoms with Gasteiger partial charge in [-0.3, -0.25) is 19.2 Å². The Hall–Kier alpha value is -2.12. The van der Waals surface area contributed by atoms with E-state index >= 15 is 0 Å². The minimum Gasteiger partial charge on any atom is -0.481 e. The Labute approximate surface area is 95.5 Å². The molecule has 0 aromatic heterocycles. The summed E-state index contributed by atoms with van der Waals surface area (Å²) < 4.78 is 0. The summed E-state index contributed by atoms with van der Waals surface area (Å²) in [4.78, 5) is 39.6. The molecule has 0 saturated heterocycles. The van der Waals surface area contributed by atoms with Crippen molar-refractivity contribution in [1.29, 1.82) is 0 Å². The summed E-state index contributed by atoms with van der Waals surface area (Å²) in [6.45, 7) is 0. The van der Waals surface area contributed by atoms with Gasteiger partial charge in [-0.1, -0.05) is 0 Å². The fraction of sp³-hybridized carbons (Fsp3) is 0.556. The van der Waals surface area contributed by atoms with Crippen LogP contribution >= 0.6 is 0 Å². The summed E-state index contributed by atoms with van der Waals surface area (Å²) in [5.74, 6) is -5.03. The van der Waals surface area contributed by atoms with Crippen molar-refractivity contribution >= 4 is 23.9 Å². The fourth-order valence-corrected chi connectivity index (χ4v) is 1.18. The van der Waals surface area contributed by atoms with Crippen molar-refractivity contribution in [3.63, 3.8) is 0 Å². The Balaban J connectivity index is 0.000000325. The average Bonchev–Trinajstić information content (AvgIpc) is 1.96. The molecule has 1 fully saturated rings. The average molecular weight is 248 g/mol. The molecular formula is C9H12O8. The molecule has 1 saturated carbocycles. The van der Waals surface area contributed by atoms with E-state index < -0.39 is 35.7 Å². The van der Waals surface area contributed by atoms with Gasteiger partial charge in [-0.05, 0) is 19.3 Å². The van der Waals surface area contributed by atoms with E-state index in [0.717, 1.165) is 0 Å². The zero-order chi connectivity index (χ0) is 13.6. The molecule has 1 rings (SSSR count). The molecule has 0 unspecified atom stereocenters. The molecule has 8 nitrogen and oxygen atoms in total. The van der Waals surface area contributed by atoms with Crippen LogP contribution in [0.4, 0.5) is 0 Å². The van der Waals surface area contributed by atoms with Gasteiger partial charge in [-0.25, -0.2) is 0 Å². The molecule has 0 spiro atoms. The summed E-state index contributed by atoms with van der Waals surface area (Å²) >= 11 is 0. The highest BCUT2D eigenvalue weighted by molar-refractivity contribution is 5.99. The maximum atomic E-state index is 10.4. The number of hydrogen-bond donors (Lipinski definition) is 4. The van der Waals surface area contributed by atoms with Crippen molar-refractivity contribution in [2.75, 3.05) is 0 Å². The summed E-state index contributed by atoms with van der Waals surface area (Å²) in [7, 11) is 0. The molecule has 0 radical (unpaired) electrons. The first-order chi connectivity index (χ1) is 7.72. The summed E-state index contributed by atoms with van der Waals surface area (Å²) in [5, 5.41) is 32.4. The number of carboxylic acid groups (broad SMARTS) is 4. The highest BCUT2D eigenvalue weighted by Gasteiger charge is 2.51. The Morgan fingerprint density at radius 2 is 1.18 bits per heavy atom. The van der Waals surface area contributed by atoms with Gasteiger partial charge in [-0.15, -0.1) is 0 Å². The minimum absolute atomic E-state index is 0.275. The van der Waals surface area contributed by atoms with Gasteiger partial charge in [0.2, 0.25) is 0 Å². The van der Waals surface area contributed by atoms with Crippen molar-refractivity contribution in [2.24, 2.45) is 5.41 Å². The second kappa shape index (κ2) is 5.83. The molecule has 0 aromatic rings. The first-order valence-corrected chi connectivity index (χ1v) is 4.63. The molecule has 0 aromatic carbocycles. The Bertz CT molecular complexity index is 313. The van der Waals surface area contributed by atoms with Crippen molar-refractivity contribution in [2.45, 2.75) is 25.7 Å². The van der Waals surface area contributed by atoms with Crippen LogP contribution in [0.25, 0.3) is 0 Å². The molecule has 0 heterocycles. The molecule has 0 aliphatic heterocycles. The van der Waals surface area contributed by atoms with E-state index in [-0.39, 0.29) is 12.8 Å². The minimum atomic E-state index is -1.44. The predicted octanol–water partition coefficient (Wildman–Crippen LogP) is -0.128. The van der Waals surface area contributed by atoms with Crippen molar-refractivity contribution in [3.05, 3.63) is 0 Å². The number of aliphatic carboxylic acids is 4. The SMILES string of the molecule is O=C(O)C1(C(=O)O)CCC1.O=C(O)CC(=O)O. The van der Waals surface area contributed by atoms with Crippen LogP contribution in [-0.2, 0) is 19.2 Å². The molecule has 0 atom stereocenters. The largest absolute Gasteiger partial charge is 0.481 e. The second-order valence-corrected chi connectivity index (χ2v) is 3.51. The Morgan fingerprint density at radius 3 is 1.18 bits per heavy atom. The lowest BCUT2D eigenvalue weighted by Crippen LogP contribution is -2.44. The number of hydrogen-bond acceptors (Lipinski definition) is 4. The van der Waals surface area contributed by atoms with Crippen molar-refractivity contribution < 1.29 is 39.6 Å². The van der Waals surface area contributed by atoms with Crippen LogP contribution in [0.3, 0.4) is 0 Å². The van der Waals surface area contributed by atoms with Gasteiger partial charge in [0.15, 0.2) is 5.41 Å². The lowest BCUT2D eigenvalue weighted by atomic mass is 9.69. The molecule has 8 heteroatoms. The van der Waals surface area contributed by atoms with Crippen LogP contribution in [-0.4, -0.2) is 44.3 Å². The van der Waals surface area contributed by atoms with E-state index in [1.165, 1.54) is 0 Å². The monoisotopic (exact) mass is 248 g/mol. The van der Waals surface area contributed by atoms with Gasteiger partial charge in [0.1, 0.15) is 6.42 Å². The topological polar surface area (TPSA) is 149 Å². The van der Waals surface area contributed by atoms with Gasteiger partial charge in [-0.2, -0.15) is 0 Å². The van der Waals surface area contributed by atoms with Crippen molar-refractivity contribution in [3.8, 4) is 0 Å². The van der Waals surface area contributed by atoms with Crippen LogP contribution in [0.5, 0.6) is 0 Å². The first kappa shape index (κ1) is 14.9. The summed E-state index contributed by atoms with van der Waals surface area (Å²) in [6, 6.07) is 0. The first-order valence-electron chi connectivity index (χ1n) is 4.63. The number of carbonyl (C=O) groups is 4. The second-order valence-electron chi connectivity index (χ2n) is 3.51. The molecule has 1 aliphatic carbocycles. The van der Waals surface area contributed by atoms with Gasteiger partial charge in [0.05, 0.1) is 0 Å². The van der Waals surface area contributed by atoms with Gasteiger partial charge in [0.25, 0.3) is 0 Å². The third-order valence-corrected chi connectivity index (χ3v) is 2.33. The molecule has 96 valence electrons. The zero-order valence-corrected chi connectivity index (χ0v) is 8.75.